The van der Waals surface area contributed by atoms with Crippen LogP contribution in [0.2, 0.25) is 0 Å². The zero-order chi connectivity index (χ0) is 23.6. The van der Waals surface area contributed by atoms with Crippen LogP contribution >= 0.6 is 0 Å². The lowest BCUT2D eigenvalue weighted by Gasteiger charge is -2.25. The highest BCUT2D eigenvalue weighted by Crippen LogP contribution is 2.38. The molecular weight excluding hydrogens is 412 g/mol. The maximum Gasteiger partial charge on any atom is 0.145 e. The molecule has 0 amide bonds. The van der Waals surface area contributed by atoms with E-state index in [4.69, 9.17) is 14.5 Å². The number of benzene rings is 3. The van der Waals surface area contributed by atoms with E-state index in [-0.39, 0.29) is 0 Å². The third kappa shape index (κ3) is 4.39. The van der Waals surface area contributed by atoms with Crippen molar-refractivity contribution < 1.29 is 14.6 Å². The minimum atomic E-state index is -1.18. The maximum absolute atomic E-state index is 11.4. The van der Waals surface area contributed by atoms with Crippen molar-refractivity contribution in [3.05, 3.63) is 83.4 Å². The van der Waals surface area contributed by atoms with Gasteiger partial charge in [-0.15, -0.1) is 0 Å². The van der Waals surface area contributed by atoms with Gasteiger partial charge >= 0.3 is 0 Å². The Morgan fingerprint density at radius 3 is 2.27 bits per heavy atom. The molecule has 1 atom stereocenters. The van der Waals surface area contributed by atoms with Crippen molar-refractivity contribution in [1.29, 1.82) is 0 Å². The number of methoxy groups -OCH3 is 2. The zero-order valence-corrected chi connectivity index (χ0v) is 20.0. The summed E-state index contributed by atoms with van der Waals surface area (Å²) >= 11 is 0. The first-order chi connectivity index (χ1) is 15.9. The molecular formula is C28H32N2O3. The highest BCUT2D eigenvalue weighted by Gasteiger charge is 2.28. The predicted octanol–water partition coefficient (Wildman–Crippen LogP) is 5.74. The highest BCUT2D eigenvalue weighted by molar-refractivity contribution is 5.87. The predicted molar refractivity (Wildman–Crippen MR) is 133 cm³/mol. The Morgan fingerprint density at radius 2 is 1.67 bits per heavy atom. The quantitative estimate of drug-likeness (QED) is 0.377. The smallest absolute Gasteiger partial charge is 0.145 e. The van der Waals surface area contributed by atoms with Crippen LogP contribution in [-0.2, 0) is 16.9 Å². The largest absolute Gasteiger partial charge is 0.494 e. The summed E-state index contributed by atoms with van der Waals surface area (Å²) in [4.78, 5) is 5.00. The second kappa shape index (κ2) is 9.38. The molecule has 3 aromatic carbocycles. The molecule has 0 aliphatic heterocycles. The molecule has 4 aromatic rings. The van der Waals surface area contributed by atoms with Crippen LogP contribution in [-0.4, -0.2) is 35.5 Å². The molecule has 1 N–H and O–H groups in total. The topological polar surface area (TPSA) is 56.5 Å². The number of fused-ring (bicyclic) bond motifs is 1. The maximum atomic E-state index is 11.4. The Labute approximate surface area is 195 Å². The van der Waals surface area contributed by atoms with E-state index in [2.05, 4.69) is 42.7 Å². The monoisotopic (exact) mass is 444 g/mol. The molecule has 0 bridgehead atoms. The van der Waals surface area contributed by atoms with Crippen LogP contribution in [0.5, 0.6) is 5.75 Å². The van der Waals surface area contributed by atoms with Gasteiger partial charge in [-0.05, 0) is 41.7 Å². The van der Waals surface area contributed by atoms with E-state index in [1.807, 2.05) is 42.5 Å². The van der Waals surface area contributed by atoms with Crippen LogP contribution in [0.25, 0.3) is 22.4 Å². The Hall–Kier alpha value is -3.15. The molecule has 0 saturated heterocycles. The second-order valence-electron chi connectivity index (χ2n) is 8.84. The lowest BCUT2D eigenvalue weighted by atomic mass is 9.88. The summed E-state index contributed by atoms with van der Waals surface area (Å²) in [6.45, 7) is 7.37. The van der Waals surface area contributed by atoms with Crippen LogP contribution < -0.4 is 4.74 Å². The summed E-state index contributed by atoms with van der Waals surface area (Å²) in [6.07, 6.45) is 0. The lowest BCUT2D eigenvalue weighted by Crippen LogP contribution is -2.22. The van der Waals surface area contributed by atoms with Crippen molar-refractivity contribution in [2.75, 3.05) is 20.8 Å². The summed E-state index contributed by atoms with van der Waals surface area (Å²) in [7, 11) is 3.35. The summed E-state index contributed by atoms with van der Waals surface area (Å²) in [5.41, 5.74) is 4.36. The van der Waals surface area contributed by atoms with Gasteiger partial charge in [0.1, 0.15) is 22.7 Å². The number of nitrogens with zero attached hydrogens (tertiary/aromatic N) is 2. The number of rotatable bonds is 8. The number of aliphatic hydroxyl groups is 1. The van der Waals surface area contributed by atoms with Crippen molar-refractivity contribution in [3.8, 4) is 17.1 Å². The first-order valence-corrected chi connectivity index (χ1v) is 11.3. The Kier molecular flexibility index (Phi) is 6.54. The molecule has 0 saturated carbocycles. The van der Waals surface area contributed by atoms with E-state index in [0.29, 0.717) is 24.8 Å². The van der Waals surface area contributed by atoms with Crippen molar-refractivity contribution >= 4 is 11.0 Å². The van der Waals surface area contributed by atoms with E-state index in [0.717, 1.165) is 33.5 Å². The van der Waals surface area contributed by atoms with Crippen LogP contribution in [0.1, 0.15) is 43.4 Å². The fraction of sp³-hybridized carbons (Fsp3) is 0.321. The summed E-state index contributed by atoms with van der Waals surface area (Å²) in [5, 5.41) is 11.4. The minimum Gasteiger partial charge on any atom is -0.494 e. The van der Waals surface area contributed by atoms with Gasteiger partial charge in [-0.1, -0.05) is 68.4 Å². The standard InChI is InChI=1S/C28H32N2O3/c1-19(2)20-11-13-21(14-12-20)27-29-24-17-23(28(3,31)22-9-7-6-8-10-22)18-25(33-5)26(24)30(27)15-16-32-4/h6-14,17-19,31H,15-16H2,1-5H3. The SMILES string of the molecule is COCCn1c(-c2ccc(C(C)C)cc2)nc2cc(C(C)(O)c3ccccc3)cc(OC)c21. The van der Waals surface area contributed by atoms with E-state index in [1.165, 1.54) is 5.56 Å². The fourth-order valence-electron chi connectivity index (χ4n) is 4.23. The second-order valence-corrected chi connectivity index (χ2v) is 8.84. The van der Waals surface area contributed by atoms with Crippen LogP contribution in [0, 0.1) is 0 Å². The summed E-state index contributed by atoms with van der Waals surface area (Å²) < 4.78 is 13.3. The van der Waals surface area contributed by atoms with Crippen LogP contribution in [0.3, 0.4) is 0 Å². The molecule has 1 heterocycles. The Morgan fingerprint density at radius 1 is 0.970 bits per heavy atom. The van der Waals surface area contributed by atoms with Gasteiger partial charge < -0.3 is 19.1 Å². The summed E-state index contributed by atoms with van der Waals surface area (Å²) in [5.74, 6) is 1.99. The molecule has 4 rings (SSSR count). The van der Waals surface area contributed by atoms with E-state index >= 15 is 0 Å². The number of imidazole rings is 1. The first-order valence-electron chi connectivity index (χ1n) is 11.3. The van der Waals surface area contributed by atoms with Gasteiger partial charge in [-0.25, -0.2) is 4.98 Å². The molecule has 0 radical (unpaired) electrons. The van der Waals surface area contributed by atoms with Gasteiger partial charge in [-0.2, -0.15) is 0 Å². The first kappa shape index (κ1) is 23.0. The number of hydrogen-bond acceptors (Lipinski definition) is 4. The average Bonchev–Trinajstić information content (AvgIpc) is 3.21. The molecule has 33 heavy (non-hydrogen) atoms. The van der Waals surface area contributed by atoms with Gasteiger partial charge in [0.2, 0.25) is 0 Å². The van der Waals surface area contributed by atoms with E-state index in [1.54, 1.807) is 21.1 Å². The van der Waals surface area contributed by atoms with Gasteiger partial charge in [0, 0.05) is 19.2 Å². The van der Waals surface area contributed by atoms with Gasteiger partial charge in [0.25, 0.3) is 0 Å². The number of hydrogen-bond donors (Lipinski definition) is 1. The number of aromatic nitrogens is 2. The van der Waals surface area contributed by atoms with Gasteiger partial charge in [0.15, 0.2) is 0 Å². The van der Waals surface area contributed by atoms with Gasteiger partial charge in [-0.3, -0.25) is 0 Å². The molecule has 0 aliphatic rings. The molecule has 1 aromatic heterocycles. The van der Waals surface area contributed by atoms with Crippen molar-refractivity contribution in [3.63, 3.8) is 0 Å². The van der Waals surface area contributed by atoms with E-state index < -0.39 is 5.60 Å². The van der Waals surface area contributed by atoms with Crippen molar-refractivity contribution in [2.24, 2.45) is 0 Å². The zero-order valence-electron chi connectivity index (χ0n) is 20.0. The Bertz CT molecular complexity index is 1230. The minimum absolute atomic E-state index is 0.467. The molecule has 172 valence electrons. The fourth-order valence-corrected chi connectivity index (χ4v) is 4.23. The molecule has 1 unspecified atom stereocenters. The van der Waals surface area contributed by atoms with Crippen molar-refractivity contribution in [2.45, 2.75) is 38.8 Å². The molecule has 0 spiro atoms. The van der Waals surface area contributed by atoms with Crippen LogP contribution in [0.15, 0.2) is 66.7 Å². The van der Waals surface area contributed by atoms with Crippen LogP contribution in [0.4, 0.5) is 0 Å². The third-order valence-electron chi connectivity index (χ3n) is 6.28. The Balaban J connectivity index is 1.91. The lowest BCUT2D eigenvalue weighted by molar-refractivity contribution is 0.102. The van der Waals surface area contributed by atoms with Gasteiger partial charge in [0.05, 0.1) is 19.2 Å². The molecule has 5 nitrogen and oxygen atoms in total. The highest BCUT2D eigenvalue weighted by atomic mass is 16.5. The van der Waals surface area contributed by atoms with E-state index in [9.17, 15) is 5.11 Å². The molecule has 0 fully saturated rings. The molecule has 0 aliphatic carbocycles. The number of ether oxygens (including phenoxy) is 2. The van der Waals surface area contributed by atoms with Crippen molar-refractivity contribution in [1.82, 2.24) is 9.55 Å². The normalized spacial score (nSPS) is 13.4. The third-order valence-corrected chi connectivity index (χ3v) is 6.28. The average molecular weight is 445 g/mol. The molecule has 5 heteroatoms. The summed E-state index contributed by atoms with van der Waals surface area (Å²) in [6, 6.07) is 22.1.